The monoisotopic (exact) mass is 334 g/mol. The highest BCUT2D eigenvalue weighted by Gasteiger charge is 2.11. The molecule has 2 N–H and O–H groups in total. The molecule has 5 heteroatoms. The fourth-order valence-electron chi connectivity index (χ4n) is 2.56. The van der Waals surface area contributed by atoms with Gasteiger partial charge >= 0.3 is 0 Å². The van der Waals surface area contributed by atoms with Crippen molar-refractivity contribution in [3.63, 3.8) is 0 Å². The first-order valence-corrected chi connectivity index (χ1v) is 7.87. The Morgan fingerprint density at radius 2 is 1.64 bits per heavy atom. The van der Waals surface area contributed by atoms with Gasteiger partial charge in [0.2, 0.25) is 5.91 Å². The zero-order chi connectivity index (χ0) is 17.6. The number of anilines is 1. The van der Waals surface area contributed by atoms with Crippen LogP contribution in [0.15, 0.2) is 66.7 Å². The molecule has 3 aromatic rings. The molecule has 0 aromatic heterocycles. The molecule has 0 spiro atoms. The van der Waals surface area contributed by atoms with Crippen LogP contribution in [0.25, 0.3) is 10.8 Å². The van der Waals surface area contributed by atoms with Crippen molar-refractivity contribution in [2.75, 3.05) is 19.0 Å². The van der Waals surface area contributed by atoms with Gasteiger partial charge in [0.1, 0.15) is 5.75 Å². The highest BCUT2D eigenvalue weighted by atomic mass is 16.5. The average Bonchev–Trinajstić information content (AvgIpc) is 2.66. The van der Waals surface area contributed by atoms with Crippen molar-refractivity contribution in [1.82, 2.24) is 5.32 Å². The number of benzene rings is 3. The number of carbonyl (C=O) groups is 2. The topological polar surface area (TPSA) is 67.4 Å². The van der Waals surface area contributed by atoms with E-state index in [1.54, 1.807) is 37.4 Å². The van der Waals surface area contributed by atoms with Crippen LogP contribution in [0.3, 0.4) is 0 Å². The van der Waals surface area contributed by atoms with Gasteiger partial charge in [-0.15, -0.1) is 0 Å². The molecule has 0 unspecified atom stereocenters. The molecule has 0 fully saturated rings. The van der Waals surface area contributed by atoms with Crippen LogP contribution >= 0.6 is 0 Å². The first-order chi connectivity index (χ1) is 12.2. The van der Waals surface area contributed by atoms with Crippen LogP contribution in [-0.2, 0) is 4.79 Å². The van der Waals surface area contributed by atoms with Crippen LogP contribution in [0.2, 0.25) is 0 Å². The zero-order valence-electron chi connectivity index (χ0n) is 13.8. The van der Waals surface area contributed by atoms with Gasteiger partial charge in [0.15, 0.2) is 0 Å². The van der Waals surface area contributed by atoms with Crippen molar-refractivity contribution in [2.45, 2.75) is 0 Å². The Bertz CT molecular complexity index is 899. The normalized spacial score (nSPS) is 10.3. The zero-order valence-corrected chi connectivity index (χ0v) is 13.8. The third kappa shape index (κ3) is 3.95. The smallest absolute Gasteiger partial charge is 0.252 e. The second-order valence-electron chi connectivity index (χ2n) is 5.49. The van der Waals surface area contributed by atoms with Gasteiger partial charge in [0, 0.05) is 11.3 Å². The molecular formula is C20H18N2O3. The van der Waals surface area contributed by atoms with E-state index in [4.69, 9.17) is 4.74 Å². The molecule has 0 bridgehead atoms. The number of rotatable bonds is 5. The summed E-state index contributed by atoms with van der Waals surface area (Å²) in [5.74, 6) is 0.141. The SMILES string of the molecule is COc1ccc(NC(=O)CNC(=O)c2cccc3ccccc23)cc1. The lowest BCUT2D eigenvalue weighted by Gasteiger charge is -2.09. The summed E-state index contributed by atoms with van der Waals surface area (Å²) in [5, 5.41) is 7.23. The number of carbonyl (C=O) groups excluding carboxylic acids is 2. The summed E-state index contributed by atoms with van der Waals surface area (Å²) in [6, 6.07) is 20.2. The molecule has 0 atom stereocenters. The largest absolute Gasteiger partial charge is 0.497 e. The minimum Gasteiger partial charge on any atom is -0.497 e. The lowest BCUT2D eigenvalue weighted by molar-refractivity contribution is -0.115. The molecule has 0 aliphatic heterocycles. The van der Waals surface area contributed by atoms with Crippen LogP contribution in [-0.4, -0.2) is 25.5 Å². The molecular weight excluding hydrogens is 316 g/mol. The van der Waals surface area contributed by atoms with E-state index in [1.165, 1.54) is 0 Å². The lowest BCUT2D eigenvalue weighted by Crippen LogP contribution is -2.32. The van der Waals surface area contributed by atoms with E-state index in [-0.39, 0.29) is 18.4 Å². The van der Waals surface area contributed by atoms with Crippen molar-refractivity contribution in [3.05, 3.63) is 72.3 Å². The number of hydrogen-bond donors (Lipinski definition) is 2. The number of methoxy groups -OCH3 is 1. The van der Waals surface area contributed by atoms with Gasteiger partial charge in [0.25, 0.3) is 5.91 Å². The Morgan fingerprint density at radius 1 is 0.920 bits per heavy atom. The van der Waals surface area contributed by atoms with Crippen molar-refractivity contribution in [3.8, 4) is 5.75 Å². The second kappa shape index (κ2) is 7.49. The maximum absolute atomic E-state index is 12.4. The van der Waals surface area contributed by atoms with Crippen LogP contribution in [0, 0.1) is 0 Å². The number of amides is 2. The van der Waals surface area contributed by atoms with Gasteiger partial charge < -0.3 is 15.4 Å². The summed E-state index contributed by atoms with van der Waals surface area (Å²) in [5.41, 5.74) is 1.19. The number of fused-ring (bicyclic) bond motifs is 1. The highest BCUT2D eigenvalue weighted by molar-refractivity contribution is 6.08. The molecule has 0 saturated heterocycles. The lowest BCUT2D eigenvalue weighted by atomic mass is 10.0. The molecule has 0 aliphatic rings. The predicted molar refractivity (Wildman–Crippen MR) is 97.9 cm³/mol. The maximum Gasteiger partial charge on any atom is 0.252 e. The molecule has 2 amide bonds. The Labute approximate surface area is 145 Å². The van der Waals surface area contributed by atoms with E-state index in [0.29, 0.717) is 17.0 Å². The van der Waals surface area contributed by atoms with Gasteiger partial charge in [-0.2, -0.15) is 0 Å². The third-order valence-corrected chi connectivity index (χ3v) is 3.82. The molecule has 25 heavy (non-hydrogen) atoms. The van der Waals surface area contributed by atoms with E-state index >= 15 is 0 Å². The maximum atomic E-state index is 12.4. The predicted octanol–water partition coefficient (Wildman–Crippen LogP) is 3.22. The van der Waals surface area contributed by atoms with Crippen molar-refractivity contribution >= 4 is 28.3 Å². The van der Waals surface area contributed by atoms with E-state index < -0.39 is 0 Å². The first-order valence-electron chi connectivity index (χ1n) is 7.87. The van der Waals surface area contributed by atoms with E-state index in [2.05, 4.69) is 10.6 Å². The molecule has 5 nitrogen and oxygen atoms in total. The van der Waals surface area contributed by atoms with Crippen LogP contribution in [0.5, 0.6) is 5.75 Å². The van der Waals surface area contributed by atoms with Gasteiger partial charge in [-0.3, -0.25) is 9.59 Å². The summed E-state index contributed by atoms with van der Waals surface area (Å²) in [6.45, 7) is -0.103. The summed E-state index contributed by atoms with van der Waals surface area (Å²) in [7, 11) is 1.58. The highest BCUT2D eigenvalue weighted by Crippen LogP contribution is 2.18. The van der Waals surface area contributed by atoms with E-state index in [0.717, 1.165) is 10.8 Å². The van der Waals surface area contributed by atoms with Crippen molar-refractivity contribution in [1.29, 1.82) is 0 Å². The fraction of sp³-hybridized carbons (Fsp3) is 0.100. The summed E-state index contributed by atoms with van der Waals surface area (Å²) >= 11 is 0. The van der Waals surface area contributed by atoms with Crippen LogP contribution in [0.1, 0.15) is 10.4 Å². The van der Waals surface area contributed by atoms with E-state index in [1.807, 2.05) is 36.4 Å². The summed E-state index contributed by atoms with van der Waals surface area (Å²) < 4.78 is 5.07. The first kappa shape index (κ1) is 16.5. The molecule has 3 rings (SSSR count). The Balaban J connectivity index is 1.62. The molecule has 0 radical (unpaired) electrons. The molecule has 0 aliphatic carbocycles. The fourth-order valence-corrected chi connectivity index (χ4v) is 2.56. The average molecular weight is 334 g/mol. The molecule has 3 aromatic carbocycles. The standard InChI is InChI=1S/C20H18N2O3/c1-25-16-11-9-15(10-12-16)22-19(23)13-21-20(24)18-8-4-6-14-5-2-3-7-17(14)18/h2-12H,13H2,1H3,(H,21,24)(H,22,23). The summed E-state index contributed by atoms with van der Waals surface area (Å²) in [4.78, 5) is 24.4. The minimum atomic E-state index is -0.293. The van der Waals surface area contributed by atoms with Gasteiger partial charge in [0.05, 0.1) is 13.7 Å². The molecule has 0 heterocycles. The Morgan fingerprint density at radius 3 is 2.40 bits per heavy atom. The van der Waals surface area contributed by atoms with Crippen LogP contribution in [0.4, 0.5) is 5.69 Å². The second-order valence-corrected chi connectivity index (χ2v) is 5.49. The summed E-state index contributed by atoms with van der Waals surface area (Å²) in [6.07, 6.45) is 0. The molecule has 126 valence electrons. The van der Waals surface area contributed by atoms with Gasteiger partial charge in [-0.25, -0.2) is 0 Å². The Kier molecular flexibility index (Phi) is 4.95. The van der Waals surface area contributed by atoms with Crippen molar-refractivity contribution in [2.24, 2.45) is 0 Å². The number of nitrogens with one attached hydrogen (secondary N) is 2. The minimum absolute atomic E-state index is 0.103. The van der Waals surface area contributed by atoms with Gasteiger partial charge in [-0.05, 0) is 41.1 Å². The molecule has 0 saturated carbocycles. The van der Waals surface area contributed by atoms with Crippen molar-refractivity contribution < 1.29 is 14.3 Å². The number of ether oxygens (including phenoxy) is 1. The third-order valence-electron chi connectivity index (χ3n) is 3.82. The van der Waals surface area contributed by atoms with Crippen LogP contribution < -0.4 is 15.4 Å². The van der Waals surface area contributed by atoms with Gasteiger partial charge in [-0.1, -0.05) is 36.4 Å². The quantitative estimate of drug-likeness (QED) is 0.753. The number of hydrogen-bond acceptors (Lipinski definition) is 3. The van der Waals surface area contributed by atoms with E-state index in [9.17, 15) is 9.59 Å². The Hall–Kier alpha value is -3.34.